The number of anilines is 3. The van der Waals surface area contributed by atoms with Crippen LogP contribution in [0.25, 0.3) is 81.8 Å². The lowest BCUT2D eigenvalue weighted by Crippen LogP contribution is -2.11. The predicted molar refractivity (Wildman–Crippen MR) is 228 cm³/mol. The Balaban J connectivity index is 1.17. The van der Waals surface area contributed by atoms with Crippen LogP contribution in [-0.4, -0.2) is 9.13 Å². The Morgan fingerprint density at radius 2 is 1.14 bits per heavy atom. The van der Waals surface area contributed by atoms with Gasteiger partial charge in [-0.05, 0) is 78.9 Å². The van der Waals surface area contributed by atoms with Crippen molar-refractivity contribution in [1.82, 2.24) is 9.13 Å². The highest BCUT2D eigenvalue weighted by Crippen LogP contribution is 2.48. The first-order chi connectivity index (χ1) is 27.7. The van der Waals surface area contributed by atoms with Crippen LogP contribution in [0.3, 0.4) is 0 Å². The van der Waals surface area contributed by atoms with E-state index in [9.17, 15) is 5.26 Å². The Hall–Kier alpha value is -8.06. The van der Waals surface area contributed by atoms with E-state index in [0.29, 0.717) is 22.6 Å². The van der Waals surface area contributed by atoms with E-state index in [-0.39, 0.29) is 0 Å². The van der Waals surface area contributed by atoms with Gasteiger partial charge in [-0.15, -0.1) is 0 Å². The van der Waals surface area contributed by atoms with Crippen LogP contribution < -0.4 is 4.90 Å². The normalized spacial score (nSPS) is 11.5. The van der Waals surface area contributed by atoms with E-state index in [4.69, 9.17) is 11.0 Å². The van der Waals surface area contributed by atoms with E-state index in [1.165, 1.54) is 0 Å². The average molecular weight is 716 g/mol. The summed E-state index contributed by atoms with van der Waals surface area (Å²) in [4.78, 5) is 6.29. The Morgan fingerprint density at radius 3 is 1.82 bits per heavy atom. The topological polar surface area (TPSA) is 54.4 Å². The van der Waals surface area contributed by atoms with Gasteiger partial charge in [0.2, 0.25) is 5.69 Å². The molecule has 0 bridgehead atoms. The number of benzene rings is 8. The Bertz CT molecular complexity index is 3400. The Morgan fingerprint density at radius 1 is 0.536 bits per heavy atom. The summed E-state index contributed by atoms with van der Waals surface area (Å²) >= 11 is 0. The van der Waals surface area contributed by atoms with Crippen LogP contribution in [0.2, 0.25) is 0 Å². The fourth-order valence-electron chi connectivity index (χ4n) is 8.58. The van der Waals surface area contributed by atoms with Gasteiger partial charge in [0.1, 0.15) is 11.2 Å². The molecule has 0 saturated heterocycles. The summed E-state index contributed by atoms with van der Waals surface area (Å²) in [7, 11) is 0. The molecule has 0 aliphatic heterocycles. The van der Waals surface area contributed by atoms with Crippen molar-refractivity contribution in [3.05, 3.63) is 193 Å². The molecule has 11 rings (SSSR count). The molecule has 3 aromatic heterocycles. The van der Waals surface area contributed by atoms with Crippen molar-refractivity contribution in [3.8, 4) is 17.4 Å². The summed E-state index contributed by atoms with van der Waals surface area (Å²) in [5.74, 6) is 0. The van der Waals surface area contributed by atoms with E-state index in [1.54, 1.807) is 0 Å². The summed E-state index contributed by atoms with van der Waals surface area (Å²) in [5.41, 5.74) is 10.5. The summed E-state index contributed by atoms with van der Waals surface area (Å²) in [6.07, 6.45) is 0. The number of nitrogens with zero attached hydrogens (tertiary/aromatic N) is 5. The van der Waals surface area contributed by atoms with Gasteiger partial charge < -0.3 is 18.5 Å². The average Bonchev–Trinajstić information content (AvgIpc) is 3.91. The molecule has 11 aromatic rings. The van der Waals surface area contributed by atoms with Crippen LogP contribution in [0.1, 0.15) is 5.56 Å². The van der Waals surface area contributed by atoms with Crippen LogP contribution in [0, 0.1) is 17.9 Å². The molecule has 6 nitrogen and oxygen atoms in total. The zero-order valence-electron chi connectivity index (χ0n) is 29.9. The monoisotopic (exact) mass is 715 g/mol. The molecular weight excluding hydrogens is 687 g/mol. The van der Waals surface area contributed by atoms with Crippen molar-refractivity contribution in [2.75, 3.05) is 4.90 Å². The second-order valence-electron chi connectivity index (χ2n) is 13.9. The summed E-state index contributed by atoms with van der Waals surface area (Å²) in [6.45, 7) is 8.68. The molecule has 0 aliphatic rings. The maximum absolute atomic E-state index is 10.5. The molecule has 6 heteroatoms. The number of furan rings is 1. The van der Waals surface area contributed by atoms with Gasteiger partial charge in [0, 0.05) is 50.1 Å². The van der Waals surface area contributed by atoms with Crippen LogP contribution in [0.15, 0.2) is 180 Å². The summed E-state index contributed by atoms with van der Waals surface area (Å²) < 4.78 is 11.3. The first-order valence-electron chi connectivity index (χ1n) is 18.4. The maximum Gasteiger partial charge on any atom is 0.234 e. The SMILES string of the molecule is [C-]#[N+]c1c(N(c2ccccc2)c2ccc3c(c2)oc2c3ccc3c2c2ccccc2n3-c2ccccc2)cc(C#N)cc1-n1c2ccccc2c2ccccc21. The van der Waals surface area contributed by atoms with E-state index in [0.717, 1.165) is 82.6 Å². The molecule has 260 valence electrons. The lowest BCUT2D eigenvalue weighted by molar-refractivity contribution is 0.673. The van der Waals surface area contributed by atoms with Crippen LogP contribution >= 0.6 is 0 Å². The number of fused-ring (bicyclic) bond motifs is 10. The first-order valence-corrected chi connectivity index (χ1v) is 18.4. The first kappa shape index (κ1) is 31.5. The van der Waals surface area contributed by atoms with Gasteiger partial charge in [0.15, 0.2) is 0 Å². The van der Waals surface area contributed by atoms with Crippen molar-refractivity contribution in [2.24, 2.45) is 0 Å². The minimum absolute atomic E-state index is 0.430. The Labute approximate surface area is 321 Å². The van der Waals surface area contributed by atoms with Gasteiger partial charge >= 0.3 is 0 Å². The van der Waals surface area contributed by atoms with E-state index in [2.05, 4.69) is 128 Å². The summed E-state index contributed by atoms with van der Waals surface area (Å²) in [6, 6.07) is 62.0. The highest BCUT2D eigenvalue weighted by atomic mass is 16.3. The molecule has 0 unspecified atom stereocenters. The lowest BCUT2D eigenvalue weighted by atomic mass is 10.1. The quantitative estimate of drug-likeness (QED) is 0.167. The zero-order chi connectivity index (χ0) is 37.3. The molecule has 8 aromatic carbocycles. The largest absolute Gasteiger partial charge is 0.455 e. The van der Waals surface area contributed by atoms with Crippen molar-refractivity contribution in [2.45, 2.75) is 0 Å². The molecule has 3 heterocycles. The second kappa shape index (κ2) is 12.2. The fraction of sp³-hybridized carbons (Fsp3) is 0. The highest BCUT2D eigenvalue weighted by Gasteiger charge is 2.25. The minimum Gasteiger partial charge on any atom is -0.455 e. The Kier molecular flexibility index (Phi) is 6.88. The number of hydrogen-bond donors (Lipinski definition) is 0. The maximum atomic E-state index is 10.5. The lowest BCUT2D eigenvalue weighted by Gasteiger charge is -2.28. The number of nitriles is 1. The number of hydrogen-bond acceptors (Lipinski definition) is 3. The third kappa shape index (κ3) is 4.54. The smallest absolute Gasteiger partial charge is 0.234 e. The van der Waals surface area contributed by atoms with Crippen molar-refractivity contribution in [3.63, 3.8) is 0 Å². The molecular formula is C50H29N5O. The summed E-state index contributed by atoms with van der Waals surface area (Å²) in [5, 5.41) is 16.9. The third-order valence-corrected chi connectivity index (χ3v) is 10.9. The van der Waals surface area contributed by atoms with Crippen molar-refractivity contribution in [1.29, 1.82) is 5.26 Å². The third-order valence-electron chi connectivity index (χ3n) is 10.9. The molecule has 0 radical (unpaired) electrons. The molecule has 0 saturated carbocycles. The molecule has 0 amide bonds. The molecule has 0 atom stereocenters. The van der Waals surface area contributed by atoms with E-state index in [1.807, 2.05) is 72.8 Å². The van der Waals surface area contributed by atoms with Crippen molar-refractivity contribution >= 4 is 88.3 Å². The zero-order valence-corrected chi connectivity index (χ0v) is 29.9. The second-order valence-corrected chi connectivity index (χ2v) is 13.9. The minimum atomic E-state index is 0.430. The van der Waals surface area contributed by atoms with Gasteiger partial charge in [-0.1, -0.05) is 91.0 Å². The van der Waals surface area contributed by atoms with Crippen LogP contribution in [0.5, 0.6) is 0 Å². The number of para-hydroxylation sites is 5. The standard InChI is InChI=1S/C50H29N5O/c1-52-49-45(28-32(31-51)29-46(49)55-41-21-11-8-18-36(41)37-19-9-12-22-42(37)55)53(33-14-4-2-5-15-33)35-24-25-38-39-26-27-44-48(50(39)56-47(38)30-35)40-20-10-13-23-43(40)54(44)34-16-6-3-7-17-34/h2-30H. The van der Waals surface area contributed by atoms with Crippen molar-refractivity contribution < 1.29 is 4.42 Å². The van der Waals surface area contributed by atoms with E-state index >= 15 is 0 Å². The van der Waals surface area contributed by atoms with Gasteiger partial charge in [-0.25, -0.2) is 4.85 Å². The predicted octanol–water partition coefficient (Wildman–Crippen LogP) is 13.7. The molecule has 0 aliphatic carbocycles. The van der Waals surface area contributed by atoms with Gasteiger partial charge in [-0.3, -0.25) is 0 Å². The molecule has 0 fully saturated rings. The van der Waals surface area contributed by atoms with Crippen LogP contribution in [-0.2, 0) is 0 Å². The van der Waals surface area contributed by atoms with Crippen LogP contribution in [0.4, 0.5) is 22.7 Å². The number of aromatic nitrogens is 2. The molecule has 56 heavy (non-hydrogen) atoms. The van der Waals surface area contributed by atoms with Gasteiger partial charge in [0.05, 0.1) is 57.0 Å². The van der Waals surface area contributed by atoms with Gasteiger partial charge in [0.25, 0.3) is 0 Å². The molecule has 0 N–H and O–H groups in total. The number of rotatable bonds is 5. The highest BCUT2D eigenvalue weighted by molar-refractivity contribution is 6.24. The van der Waals surface area contributed by atoms with E-state index < -0.39 is 0 Å². The van der Waals surface area contributed by atoms with Gasteiger partial charge in [-0.2, -0.15) is 5.26 Å². The fourth-order valence-corrected chi connectivity index (χ4v) is 8.58. The molecule has 0 spiro atoms.